The third kappa shape index (κ3) is 1.28. The molecule has 0 atom stereocenters. The van der Waals surface area contributed by atoms with E-state index in [1.165, 1.54) is 16.7 Å². The molecule has 16 heavy (non-hydrogen) atoms. The lowest BCUT2D eigenvalue weighted by molar-refractivity contribution is 0.493. The molecular weight excluding hydrogens is 198 g/mol. The number of hydrogen-bond acceptors (Lipinski definition) is 2. The normalized spacial score (nSPS) is 15.4. The van der Waals surface area contributed by atoms with Crippen molar-refractivity contribution in [2.75, 3.05) is 18.6 Å². The Hall–Kier alpha value is -1.90. The standard InChI is InChI=1S/C13H15N3/c1-14-7-8-16(10-14)13-9-11-5-3-4-6-12(11)15(13)2/h3-9H,10H2,1-2H3. The van der Waals surface area contributed by atoms with Gasteiger partial charge in [-0.25, -0.2) is 0 Å². The van der Waals surface area contributed by atoms with Gasteiger partial charge in [0.05, 0.1) is 6.67 Å². The van der Waals surface area contributed by atoms with Crippen LogP contribution in [-0.2, 0) is 7.05 Å². The lowest BCUT2D eigenvalue weighted by Crippen LogP contribution is -2.23. The second kappa shape index (κ2) is 3.30. The van der Waals surface area contributed by atoms with Crippen molar-refractivity contribution in [2.45, 2.75) is 0 Å². The predicted molar refractivity (Wildman–Crippen MR) is 67.2 cm³/mol. The summed E-state index contributed by atoms with van der Waals surface area (Å²) in [5.74, 6) is 1.24. The lowest BCUT2D eigenvalue weighted by atomic mass is 10.2. The molecule has 0 radical (unpaired) electrons. The molecule has 0 N–H and O–H groups in total. The minimum Gasteiger partial charge on any atom is -0.361 e. The van der Waals surface area contributed by atoms with Crippen molar-refractivity contribution in [1.29, 1.82) is 0 Å². The van der Waals surface area contributed by atoms with Crippen LogP contribution in [0.3, 0.4) is 0 Å². The monoisotopic (exact) mass is 213 g/mol. The highest BCUT2D eigenvalue weighted by molar-refractivity contribution is 5.85. The molecule has 3 rings (SSSR count). The molecule has 0 fully saturated rings. The Bertz CT molecular complexity index is 553. The van der Waals surface area contributed by atoms with Crippen molar-refractivity contribution in [1.82, 2.24) is 9.47 Å². The fraction of sp³-hybridized carbons (Fsp3) is 0.231. The summed E-state index contributed by atoms with van der Waals surface area (Å²) >= 11 is 0. The molecule has 2 aromatic rings. The van der Waals surface area contributed by atoms with Crippen molar-refractivity contribution in [3.05, 3.63) is 42.7 Å². The average molecular weight is 213 g/mol. The number of hydrogen-bond donors (Lipinski definition) is 0. The molecule has 3 nitrogen and oxygen atoms in total. The third-order valence-corrected chi connectivity index (χ3v) is 3.10. The second-order valence-corrected chi connectivity index (χ2v) is 4.29. The number of aryl methyl sites for hydroxylation is 1. The average Bonchev–Trinajstić information content (AvgIpc) is 2.84. The van der Waals surface area contributed by atoms with E-state index in [0.29, 0.717) is 0 Å². The highest BCUT2D eigenvalue weighted by Gasteiger charge is 2.15. The molecule has 1 aliphatic heterocycles. The van der Waals surface area contributed by atoms with E-state index < -0.39 is 0 Å². The van der Waals surface area contributed by atoms with Crippen LogP contribution >= 0.6 is 0 Å². The highest BCUT2D eigenvalue weighted by atomic mass is 15.4. The van der Waals surface area contributed by atoms with Gasteiger partial charge in [-0.05, 0) is 12.1 Å². The topological polar surface area (TPSA) is 11.4 Å². The van der Waals surface area contributed by atoms with Crippen LogP contribution in [0, 0.1) is 0 Å². The zero-order chi connectivity index (χ0) is 11.1. The number of anilines is 1. The van der Waals surface area contributed by atoms with E-state index in [1.54, 1.807) is 0 Å². The Kier molecular flexibility index (Phi) is 1.93. The molecule has 1 aliphatic rings. The van der Waals surface area contributed by atoms with Gasteiger partial charge in [0.1, 0.15) is 5.82 Å². The molecule has 0 bridgehead atoms. The molecule has 1 aromatic heterocycles. The molecule has 3 heteroatoms. The minimum atomic E-state index is 0.921. The van der Waals surface area contributed by atoms with Gasteiger partial charge in [0, 0.05) is 37.4 Å². The van der Waals surface area contributed by atoms with E-state index in [1.807, 2.05) is 0 Å². The van der Waals surface area contributed by atoms with Crippen LogP contribution in [0.5, 0.6) is 0 Å². The molecule has 1 aromatic carbocycles. The number of rotatable bonds is 1. The molecule has 0 saturated carbocycles. The second-order valence-electron chi connectivity index (χ2n) is 4.29. The summed E-state index contributed by atoms with van der Waals surface area (Å²) in [6.07, 6.45) is 4.21. The van der Waals surface area contributed by atoms with E-state index >= 15 is 0 Å². The van der Waals surface area contributed by atoms with Crippen molar-refractivity contribution < 1.29 is 0 Å². The summed E-state index contributed by atoms with van der Waals surface area (Å²) in [7, 11) is 4.20. The number of aromatic nitrogens is 1. The fourth-order valence-corrected chi connectivity index (χ4v) is 2.23. The Morgan fingerprint density at radius 3 is 2.56 bits per heavy atom. The van der Waals surface area contributed by atoms with Crippen molar-refractivity contribution in [2.24, 2.45) is 7.05 Å². The minimum absolute atomic E-state index is 0.921. The van der Waals surface area contributed by atoms with E-state index in [4.69, 9.17) is 0 Å². The molecule has 82 valence electrons. The maximum Gasteiger partial charge on any atom is 0.114 e. The van der Waals surface area contributed by atoms with Crippen LogP contribution in [0.2, 0.25) is 0 Å². The fourth-order valence-electron chi connectivity index (χ4n) is 2.23. The molecule has 0 unspecified atom stereocenters. The maximum absolute atomic E-state index is 2.25. The smallest absolute Gasteiger partial charge is 0.114 e. The van der Waals surface area contributed by atoms with Gasteiger partial charge in [-0.3, -0.25) is 0 Å². The van der Waals surface area contributed by atoms with Gasteiger partial charge in [-0.2, -0.15) is 0 Å². The maximum atomic E-state index is 2.25. The Morgan fingerprint density at radius 1 is 1.06 bits per heavy atom. The third-order valence-electron chi connectivity index (χ3n) is 3.10. The van der Waals surface area contributed by atoms with E-state index in [9.17, 15) is 0 Å². The summed E-state index contributed by atoms with van der Waals surface area (Å²) in [6, 6.07) is 10.7. The van der Waals surface area contributed by atoms with Gasteiger partial charge in [-0.15, -0.1) is 0 Å². The van der Waals surface area contributed by atoms with Gasteiger partial charge in [0.2, 0.25) is 0 Å². The summed E-state index contributed by atoms with van der Waals surface area (Å²) in [5.41, 5.74) is 1.28. The van der Waals surface area contributed by atoms with Crippen LogP contribution in [0.25, 0.3) is 10.9 Å². The molecule has 0 saturated heterocycles. The number of para-hydroxylation sites is 1. The first-order chi connectivity index (χ1) is 7.75. The largest absolute Gasteiger partial charge is 0.361 e. The summed E-state index contributed by atoms with van der Waals surface area (Å²) < 4.78 is 2.23. The Labute approximate surface area is 95.2 Å². The summed E-state index contributed by atoms with van der Waals surface area (Å²) in [6.45, 7) is 0.921. The van der Waals surface area contributed by atoms with Gasteiger partial charge < -0.3 is 14.4 Å². The Balaban J connectivity index is 2.11. The number of fused-ring (bicyclic) bond motifs is 1. The zero-order valence-electron chi connectivity index (χ0n) is 9.59. The molecular formula is C13H15N3. The summed E-state index contributed by atoms with van der Waals surface area (Å²) in [4.78, 5) is 4.41. The van der Waals surface area contributed by atoms with Gasteiger partial charge in [0.25, 0.3) is 0 Å². The zero-order valence-corrected chi connectivity index (χ0v) is 9.59. The highest BCUT2D eigenvalue weighted by Crippen LogP contribution is 2.26. The van der Waals surface area contributed by atoms with Crippen LogP contribution in [-0.4, -0.2) is 23.2 Å². The van der Waals surface area contributed by atoms with Crippen molar-refractivity contribution in [3.63, 3.8) is 0 Å². The summed E-state index contributed by atoms with van der Waals surface area (Å²) in [5, 5.41) is 1.29. The van der Waals surface area contributed by atoms with E-state index in [-0.39, 0.29) is 0 Å². The number of nitrogens with zero attached hydrogens (tertiary/aromatic N) is 3. The van der Waals surface area contributed by atoms with Crippen LogP contribution in [0.4, 0.5) is 5.82 Å². The lowest BCUT2D eigenvalue weighted by Gasteiger charge is -2.18. The number of benzene rings is 1. The van der Waals surface area contributed by atoms with Gasteiger partial charge in [0.15, 0.2) is 0 Å². The van der Waals surface area contributed by atoms with Gasteiger partial charge >= 0.3 is 0 Å². The van der Waals surface area contributed by atoms with Gasteiger partial charge in [-0.1, -0.05) is 18.2 Å². The molecule has 0 amide bonds. The van der Waals surface area contributed by atoms with Crippen LogP contribution in [0.1, 0.15) is 0 Å². The first kappa shape index (κ1) is 9.33. The van der Waals surface area contributed by atoms with Crippen LogP contribution in [0.15, 0.2) is 42.7 Å². The van der Waals surface area contributed by atoms with Crippen LogP contribution < -0.4 is 4.90 Å². The van der Waals surface area contributed by atoms with Crippen molar-refractivity contribution >= 4 is 16.7 Å². The molecule has 0 spiro atoms. The molecule has 2 heterocycles. The quantitative estimate of drug-likeness (QED) is 0.720. The predicted octanol–water partition coefficient (Wildman–Crippen LogP) is 2.36. The van der Waals surface area contributed by atoms with E-state index in [2.05, 4.69) is 71.2 Å². The SMILES string of the molecule is CN1C=CN(c2cc3ccccc3n2C)C1. The molecule has 0 aliphatic carbocycles. The Morgan fingerprint density at radius 2 is 1.88 bits per heavy atom. The van der Waals surface area contributed by atoms with E-state index in [0.717, 1.165) is 6.67 Å². The first-order valence-electron chi connectivity index (χ1n) is 5.45. The van der Waals surface area contributed by atoms with Crippen molar-refractivity contribution in [3.8, 4) is 0 Å². The first-order valence-corrected chi connectivity index (χ1v) is 5.45.